The molecule has 0 saturated heterocycles. The maximum absolute atomic E-state index is 6.00. The molecule has 2 rings (SSSR count). The van der Waals surface area contributed by atoms with E-state index < -0.39 is 0 Å². The Balaban J connectivity index is 2.27. The number of benzene rings is 1. The number of nitrogens with zero attached hydrogens (tertiary/aromatic N) is 1. The van der Waals surface area contributed by atoms with E-state index in [0.717, 1.165) is 22.6 Å². The van der Waals surface area contributed by atoms with Crippen molar-refractivity contribution in [1.29, 1.82) is 0 Å². The first-order chi connectivity index (χ1) is 9.10. The Bertz CT molecular complexity index is 572. The second-order valence-corrected chi connectivity index (χ2v) is 5.18. The van der Waals surface area contributed by atoms with Crippen LogP contribution >= 0.6 is 23.2 Å². The predicted molar refractivity (Wildman–Crippen MR) is 80.6 cm³/mol. The second-order valence-electron chi connectivity index (χ2n) is 4.30. The van der Waals surface area contributed by atoms with E-state index in [0.29, 0.717) is 10.8 Å². The maximum atomic E-state index is 6.00. The van der Waals surface area contributed by atoms with Crippen LogP contribution in [0.25, 0.3) is 0 Å². The molecule has 0 radical (unpaired) electrons. The summed E-state index contributed by atoms with van der Waals surface area (Å²) >= 11 is 12.0. The molecule has 1 unspecified atom stereocenters. The molecule has 0 aliphatic rings. The number of likely N-dealkylation sites (N-methyl/N-ethyl adjacent to an activating group) is 1. The summed E-state index contributed by atoms with van der Waals surface area (Å²) < 4.78 is 0. The Kier molecular flexibility index (Phi) is 4.64. The Labute approximate surface area is 122 Å². The van der Waals surface area contributed by atoms with E-state index >= 15 is 0 Å². The molecular formula is C14H15Cl2N3. The SMILES string of the molecule is CNC(Cc1cccc(Cl)c1)c1cc(Cl)cnc1N. The van der Waals surface area contributed by atoms with Gasteiger partial charge in [-0.2, -0.15) is 0 Å². The molecule has 0 bridgehead atoms. The molecule has 0 saturated carbocycles. The lowest BCUT2D eigenvalue weighted by molar-refractivity contribution is 0.592. The Morgan fingerprint density at radius 3 is 2.74 bits per heavy atom. The Morgan fingerprint density at radius 2 is 2.05 bits per heavy atom. The van der Waals surface area contributed by atoms with Crippen molar-refractivity contribution in [3.05, 3.63) is 57.7 Å². The first kappa shape index (κ1) is 14.1. The summed E-state index contributed by atoms with van der Waals surface area (Å²) in [5.41, 5.74) is 7.94. The second kappa shape index (κ2) is 6.24. The molecule has 1 aromatic carbocycles. The molecule has 1 heterocycles. The molecule has 0 aliphatic heterocycles. The third kappa shape index (κ3) is 3.60. The van der Waals surface area contributed by atoms with Crippen LogP contribution in [0.1, 0.15) is 17.2 Å². The minimum absolute atomic E-state index is 0.0460. The quantitative estimate of drug-likeness (QED) is 0.908. The van der Waals surface area contributed by atoms with Crippen molar-refractivity contribution in [2.75, 3.05) is 12.8 Å². The van der Waals surface area contributed by atoms with Crippen LogP contribution in [0.2, 0.25) is 10.0 Å². The number of aromatic nitrogens is 1. The highest BCUT2D eigenvalue weighted by molar-refractivity contribution is 6.30. The fourth-order valence-electron chi connectivity index (χ4n) is 2.01. The van der Waals surface area contributed by atoms with Crippen LogP contribution in [0.4, 0.5) is 5.82 Å². The van der Waals surface area contributed by atoms with Crippen LogP contribution in [0.5, 0.6) is 0 Å². The van der Waals surface area contributed by atoms with Gasteiger partial charge in [0.15, 0.2) is 0 Å². The van der Waals surface area contributed by atoms with Gasteiger partial charge in [-0.05, 0) is 37.2 Å². The first-order valence-corrected chi connectivity index (χ1v) is 6.68. The number of nitrogen functional groups attached to an aromatic ring is 1. The van der Waals surface area contributed by atoms with Crippen molar-refractivity contribution in [3.8, 4) is 0 Å². The van der Waals surface area contributed by atoms with Gasteiger partial charge >= 0.3 is 0 Å². The van der Waals surface area contributed by atoms with Gasteiger partial charge in [-0.25, -0.2) is 4.98 Å². The zero-order valence-electron chi connectivity index (χ0n) is 10.5. The maximum Gasteiger partial charge on any atom is 0.128 e. The molecule has 1 atom stereocenters. The average Bonchev–Trinajstić information content (AvgIpc) is 2.39. The lowest BCUT2D eigenvalue weighted by atomic mass is 9.99. The summed E-state index contributed by atoms with van der Waals surface area (Å²) in [5.74, 6) is 0.491. The van der Waals surface area contributed by atoms with Gasteiger partial charge in [-0.15, -0.1) is 0 Å². The number of hydrogen-bond acceptors (Lipinski definition) is 3. The Morgan fingerprint density at radius 1 is 1.26 bits per heavy atom. The summed E-state index contributed by atoms with van der Waals surface area (Å²) in [6.07, 6.45) is 2.32. The molecule has 0 aliphatic carbocycles. The first-order valence-electron chi connectivity index (χ1n) is 5.92. The molecule has 0 amide bonds. The summed E-state index contributed by atoms with van der Waals surface area (Å²) in [6, 6.07) is 9.66. The molecule has 2 aromatic rings. The number of nitrogens with one attached hydrogen (secondary N) is 1. The summed E-state index contributed by atoms with van der Waals surface area (Å²) in [5, 5.41) is 4.54. The van der Waals surface area contributed by atoms with Crippen LogP contribution in [0.15, 0.2) is 36.5 Å². The van der Waals surface area contributed by atoms with E-state index in [4.69, 9.17) is 28.9 Å². The number of anilines is 1. The molecule has 3 nitrogen and oxygen atoms in total. The lowest BCUT2D eigenvalue weighted by Crippen LogP contribution is -2.20. The van der Waals surface area contributed by atoms with E-state index in [1.807, 2.05) is 37.4 Å². The molecule has 19 heavy (non-hydrogen) atoms. The fraction of sp³-hybridized carbons (Fsp3) is 0.214. The van der Waals surface area contributed by atoms with Crippen LogP contribution < -0.4 is 11.1 Å². The van der Waals surface area contributed by atoms with Crippen molar-refractivity contribution < 1.29 is 0 Å². The van der Waals surface area contributed by atoms with Crippen molar-refractivity contribution in [2.45, 2.75) is 12.5 Å². The van der Waals surface area contributed by atoms with Crippen LogP contribution in [-0.2, 0) is 6.42 Å². The molecule has 0 spiro atoms. The molecule has 100 valence electrons. The highest BCUT2D eigenvalue weighted by atomic mass is 35.5. The lowest BCUT2D eigenvalue weighted by Gasteiger charge is -2.18. The van der Waals surface area contributed by atoms with Gasteiger partial charge in [0.2, 0.25) is 0 Å². The van der Waals surface area contributed by atoms with E-state index in [1.54, 1.807) is 6.20 Å². The molecule has 3 N–H and O–H groups in total. The van der Waals surface area contributed by atoms with Gasteiger partial charge in [0.25, 0.3) is 0 Å². The minimum Gasteiger partial charge on any atom is -0.383 e. The zero-order chi connectivity index (χ0) is 13.8. The zero-order valence-corrected chi connectivity index (χ0v) is 12.0. The normalized spacial score (nSPS) is 12.4. The predicted octanol–water partition coefficient (Wildman–Crippen LogP) is 3.47. The summed E-state index contributed by atoms with van der Waals surface area (Å²) in [4.78, 5) is 4.09. The van der Waals surface area contributed by atoms with Crippen LogP contribution in [-0.4, -0.2) is 12.0 Å². The number of rotatable bonds is 4. The van der Waals surface area contributed by atoms with Crippen LogP contribution in [0.3, 0.4) is 0 Å². The highest BCUT2D eigenvalue weighted by Gasteiger charge is 2.14. The topological polar surface area (TPSA) is 50.9 Å². The highest BCUT2D eigenvalue weighted by Crippen LogP contribution is 2.25. The molecule has 0 fully saturated rings. The standard InChI is InChI=1S/C14H15Cl2N3/c1-18-13(6-9-3-2-4-10(15)5-9)12-7-11(16)8-19-14(12)17/h2-5,7-8,13,18H,6H2,1H3,(H2,17,19). The van der Waals surface area contributed by atoms with E-state index in [1.165, 1.54) is 0 Å². The van der Waals surface area contributed by atoms with Crippen molar-refractivity contribution in [1.82, 2.24) is 10.3 Å². The van der Waals surface area contributed by atoms with Gasteiger partial charge in [0, 0.05) is 22.8 Å². The number of nitrogens with two attached hydrogens (primary N) is 1. The van der Waals surface area contributed by atoms with Gasteiger partial charge in [0.05, 0.1) is 5.02 Å². The monoisotopic (exact) mass is 295 g/mol. The minimum atomic E-state index is 0.0460. The molecule has 5 heteroatoms. The smallest absolute Gasteiger partial charge is 0.128 e. The number of pyridine rings is 1. The van der Waals surface area contributed by atoms with E-state index in [-0.39, 0.29) is 6.04 Å². The summed E-state index contributed by atoms with van der Waals surface area (Å²) in [7, 11) is 1.88. The molecular weight excluding hydrogens is 281 g/mol. The van der Waals surface area contributed by atoms with E-state index in [9.17, 15) is 0 Å². The third-order valence-electron chi connectivity index (χ3n) is 2.97. The van der Waals surface area contributed by atoms with Gasteiger partial charge in [-0.3, -0.25) is 0 Å². The fourth-order valence-corrected chi connectivity index (χ4v) is 2.39. The van der Waals surface area contributed by atoms with Gasteiger partial charge in [-0.1, -0.05) is 35.3 Å². The van der Waals surface area contributed by atoms with Crippen molar-refractivity contribution >= 4 is 29.0 Å². The van der Waals surface area contributed by atoms with Gasteiger partial charge < -0.3 is 11.1 Å². The summed E-state index contributed by atoms with van der Waals surface area (Å²) in [6.45, 7) is 0. The number of halogens is 2. The average molecular weight is 296 g/mol. The Hall–Kier alpha value is -1.29. The third-order valence-corrected chi connectivity index (χ3v) is 3.41. The van der Waals surface area contributed by atoms with Gasteiger partial charge in [0.1, 0.15) is 5.82 Å². The van der Waals surface area contributed by atoms with Crippen molar-refractivity contribution in [3.63, 3.8) is 0 Å². The molecule has 1 aromatic heterocycles. The van der Waals surface area contributed by atoms with E-state index in [2.05, 4.69) is 10.3 Å². The largest absolute Gasteiger partial charge is 0.383 e. The number of hydrogen-bond donors (Lipinski definition) is 2. The van der Waals surface area contributed by atoms with Crippen molar-refractivity contribution in [2.24, 2.45) is 0 Å². The van der Waals surface area contributed by atoms with Crippen LogP contribution in [0, 0.1) is 0 Å².